The van der Waals surface area contributed by atoms with Crippen molar-refractivity contribution in [3.63, 3.8) is 0 Å². The fourth-order valence-electron chi connectivity index (χ4n) is 2.46. The Kier molecular flexibility index (Phi) is 4.31. The first-order valence-corrected chi connectivity index (χ1v) is 7.18. The summed E-state index contributed by atoms with van der Waals surface area (Å²) in [5, 5.41) is 22.5. The molecule has 0 bridgehead atoms. The summed E-state index contributed by atoms with van der Waals surface area (Å²) in [6.07, 6.45) is 0. The van der Waals surface area contributed by atoms with Crippen molar-refractivity contribution in [2.45, 2.75) is 6.61 Å². The Balaban J connectivity index is 2.29. The van der Waals surface area contributed by atoms with Gasteiger partial charge in [-0.05, 0) is 6.07 Å². The first kappa shape index (κ1) is 16.4. The van der Waals surface area contributed by atoms with Crippen LogP contribution in [-0.4, -0.2) is 26.9 Å². The van der Waals surface area contributed by atoms with E-state index in [1.165, 1.54) is 43.5 Å². The molecule has 9 heteroatoms. The molecule has 9 nitrogen and oxygen atoms in total. The van der Waals surface area contributed by atoms with E-state index in [0.717, 1.165) is 0 Å². The van der Waals surface area contributed by atoms with Gasteiger partial charge in [0.05, 0.1) is 21.1 Å². The first-order valence-electron chi connectivity index (χ1n) is 7.18. The molecule has 3 aromatic rings. The van der Waals surface area contributed by atoms with E-state index in [1.807, 2.05) is 0 Å². The lowest BCUT2D eigenvalue weighted by Gasteiger charge is -2.08. The fraction of sp³-hybridized carbons (Fsp3) is 0.125. The number of aromatic nitrogens is 2. The average Bonchev–Trinajstić information content (AvgIpc) is 2.61. The summed E-state index contributed by atoms with van der Waals surface area (Å²) in [5.74, 6) is 0.380. The van der Waals surface area contributed by atoms with Crippen LogP contribution < -0.4 is 0 Å². The van der Waals surface area contributed by atoms with Crippen molar-refractivity contribution in [3.8, 4) is 11.3 Å². The topological polar surface area (TPSA) is 121 Å². The number of nitrogens with zero attached hydrogens (tertiary/aromatic N) is 4. The van der Waals surface area contributed by atoms with Crippen molar-refractivity contribution in [2.75, 3.05) is 7.11 Å². The summed E-state index contributed by atoms with van der Waals surface area (Å²) in [6.45, 7) is 0.148. The predicted octanol–water partition coefficient (Wildman–Crippen LogP) is 3.26. The molecule has 1 heterocycles. The van der Waals surface area contributed by atoms with E-state index in [-0.39, 0.29) is 18.0 Å². The minimum Gasteiger partial charge on any atom is -0.377 e. The second kappa shape index (κ2) is 6.57. The molecule has 0 spiro atoms. The van der Waals surface area contributed by atoms with Gasteiger partial charge < -0.3 is 4.74 Å². The quantitative estimate of drug-likeness (QED) is 0.516. The van der Waals surface area contributed by atoms with Gasteiger partial charge in [-0.3, -0.25) is 20.2 Å². The summed E-state index contributed by atoms with van der Waals surface area (Å²) < 4.78 is 5.05. The van der Waals surface area contributed by atoms with Gasteiger partial charge >= 0.3 is 0 Å². The highest BCUT2D eigenvalue weighted by molar-refractivity contribution is 5.94. The predicted molar refractivity (Wildman–Crippen MR) is 89.0 cm³/mol. The van der Waals surface area contributed by atoms with Gasteiger partial charge in [0.15, 0.2) is 5.82 Å². The number of ether oxygens (including phenoxy) is 1. The molecule has 2 aromatic carbocycles. The minimum absolute atomic E-state index is 0.0945. The normalized spacial score (nSPS) is 10.8. The highest BCUT2D eigenvalue weighted by Gasteiger charge is 2.16. The molecule has 25 heavy (non-hydrogen) atoms. The lowest BCUT2D eigenvalue weighted by atomic mass is 10.1. The van der Waals surface area contributed by atoms with Crippen LogP contribution in [0, 0.1) is 20.2 Å². The molecule has 0 fully saturated rings. The highest BCUT2D eigenvalue weighted by atomic mass is 16.6. The number of fused-ring (bicyclic) bond motifs is 1. The van der Waals surface area contributed by atoms with Crippen LogP contribution in [0.2, 0.25) is 0 Å². The van der Waals surface area contributed by atoms with Crippen molar-refractivity contribution < 1.29 is 14.6 Å². The van der Waals surface area contributed by atoms with E-state index in [1.54, 1.807) is 6.07 Å². The largest absolute Gasteiger partial charge is 0.377 e. The summed E-state index contributed by atoms with van der Waals surface area (Å²) in [7, 11) is 1.50. The van der Waals surface area contributed by atoms with E-state index >= 15 is 0 Å². The summed E-state index contributed by atoms with van der Waals surface area (Å²) >= 11 is 0. The first-order chi connectivity index (χ1) is 12.0. The van der Waals surface area contributed by atoms with Crippen LogP contribution in [0.3, 0.4) is 0 Å². The van der Waals surface area contributed by atoms with Crippen LogP contribution in [0.4, 0.5) is 11.4 Å². The minimum atomic E-state index is -0.514. The SMILES string of the molecule is COCc1nc(-c2cccc([N+](=O)[O-])c2)c2cc([N+](=O)[O-])ccc2n1. The Hall–Kier alpha value is -3.46. The number of nitro benzene ring substituents is 2. The van der Waals surface area contributed by atoms with Gasteiger partial charge in [-0.2, -0.15) is 0 Å². The van der Waals surface area contributed by atoms with Gasteiger partial charge in [-0.15, -0.1) is 0 Å². The van der Waals surface area contributed by atoms with Crippen LogP contribution in [0.1, 0.15) is 5.82 Å². The smallest absolute Gasteiger partial charge is 0.270 e. The molecule has 0 unspecified atom stereocenters. The molecule has 0 radical (unpaired) electrons. The Bertz CT molecular complexity index is 989. The van der Waals surface area contributed by atoms with Gasteiger partial charge in [0.1, 0.15) is 6.61 Å². The Morgan fingerprint density at radius 1 is 1.00 bits per heavy atom. The molecule has 0 atom stereocenters. The molecule has 0 aliphatic rings. The molecule has 126 valence electrons. The van der Waals surface area contributed by atoms with Gasteiger partial charge in [0.25, 0.3) is 11.4 Å². The molecule has 3 rings (SSSR count). The van der Waals surface area contributed by atoms with E-state index in [2.05, 4.69) is 9.97 Å². The number of rotatable bonds is 5. The van der Waals surface area contributed by atoms with Crippen LogP contribution in [0.5, 0.6) is 0 Å². The van der Waals surface area contributed by atoms with Gasteiger partial charge in [-0.25, -0.2) is 9.97 Å². The van der Waals surface area contributed by atoms with Crippen LogP contribution >= 0.6 is 0 Å². The van der Waals surface area contributed by atoms with E-state index < -0.39 is 9.85 Å². The van der Waals surface area contributed by atoms with Crippen molar-refractivity contribution >= 4 is 22.3 Å². The van der Waals surface area contributed by atoms with Crippen molar-refractivity contribution in [1.82, 2.24) is 9.97 Å². The molecule has 0 aliphatic carbocycles. The molecule has 0 N–H and O–H groups in total. The second-order valence-corrected chi connectivity index (χ2v) is 5.19. The summed E-state index contributed by atoms with van der Waals surface area (Å²) in [6, 6.07) is 10.2. The lowest BCUT2D eigenvalue weighted by Crippen LogP contribution is -2.01. The zero-order chi connectivity index (χ0) is 18.0. The van der Waals surface area contributed by atoms with Crippen molar-refractivity contribution in [3.05, 3.63) is 68.5 Å². The molecule has 0 saturated carbocycles. The average molecular weight is 340 g/mol. The number of benzene rings is 2. The van der Waals surface area contributed by atoms with E-state index in [9.17, 15) is 20.2 Å². The molecule has 1 aromatic heterocycles. The van der Waals surface area contributed by atoms with Gasteiger partial charge in [-0.1, -0.05) is 12.1 Å². The van der Waals surface area contributed by atoms with Crippen molar-refractivity contribution in [1.29, 1.82) is 0 Å². The maximum atomic E-state index is 11.1. The Morgan fingerprint density at radius 2 is 1.72 bits per heavy atom. The third-order valence-electron chi connectivity index (χ3n) is 3.54. The standard InChI is InChI=1S/C16H12N4O5/c1-25-9-15-17-14-6-5-12(20(23)24)8-13(14)16(18-15)10-3-2-4-11(7-10)19(21)22/h2-8H,9H2,1H3. The zero-order valence-corrected chi connectivity index (χ0v) is 13.1. The van der Waals surface area contributed by atoms with Crippen LogP contribution in [0.25, 0.3) is 22.2 Å². The number of nitro groups is 2. The summed E-state index contributed by atoms with van der Waals surface area (Å²) in [4.78, 5) is 29.8. The van der Waals surface area contributed by atoms with Crippen LogP contribution in [0.15, 0.2) is 42.5 Å². The van der Waals surface area contributed by atoms with Gasteiger partial charge in [0.2, 0.25) is 0 Å². The highest BCUT2D eigenvalue weighted by Crippen LogP contribution is 2.31. The molecular weight excluding hydrogens is 328 g/mol. The van der Waals surface area contributed by atoms with E-state index in [4.69, 9.17) is 4.74 Å². The molecule has 0 amide bonds. The number of methoxy groups -OCH3 is 1. The number of hydrogen-bond acceptors (Lipinski definition) is 7. The monoisotopic (exact) mass is 340 g/mol. The summed E-state index contributed by atoms with van der Waals surface area (Å²) in [5.41, 5.74) is 1.14. The van der Waals surface area contributed by atoms with Crippen LogP contribution in [-0.2, 0) is 11.3 Å². The van der Waals surface area contributed by atoms with E-state index in [0.29, 0.717) is 28.0 Å². The third kappa shape index (κ3) is 3.26. The number of hydrogen-bond donors (Lipinski definition) is 0. The second-order valence-electron chi connectivity index (χ2n) is 5.19. The maximum Gasteiger partial charge on any atom is 0.270 e. The lowest BCUT2D eigenvalue weighted by molar-refractivity contribution is -0.384. The molecular formula is C16H12N4O5. The number of non-ortho nitro benzene ring substituents is 2. The zero-order valence-electron chi connectivity index (χ0n) is 13.1. The third-order valence-corrected chi connectivity index (χ3v) is 3.54. The van der Waals surface area contributed by atoms with Gasteiger partial charge in [0, 0.05) is 42.3 Å². The fourth-order valence-corrected chi connectivity index (χ4v) is 2.46. The Labute approximate surface area is 141 Å². The van der Waals surface area contributed by atoms with Crippen molar-refractivity contribution in [2.24, 2.45) is 0 Å². The molecule has 0 saturated heterocycles. The molecule has 0 aliphatic heterocycles. The maximum absolute atomic E-state index is 11.1. The Morgan fingerprint density at radius 3 is 2.40 bits per heavy atom.